The van der Waals surface area contributed by atoms with E-state index in [0.29, 0.717) is 35.6 Å². The number of hydrogen-bond acceptors (Lipinski definition) is 5. The molecule has 1 saturated heterocycles. The molecule has 0 atom stereocenters. The van der Waals surface area contributed by atoms with Crippen molar-refractivity contribution in [2.45, 2.75) is 13.0 Å². The van der Waals surface area contributed by atoms with Gasteiger partial charge in [0.05, 0.1) is 13.2 Å². The minimum absolute atomic E-state index is 0.0345. The zero-order chi connectivity index (χ0) is 15.5. The highest BCUT2D eigenvalue weighted by Crippen LogP contribution is 2.19. The fourth-order valence-corrected chi connectivity index (χ4v) is 2.12. The zero-order valence-electron chi connectivity index (χ0n) is 11.9. The molecule has 1 aliphatic rings. The molecule has 0 bridgehead atoms. The molecule has 1 N–H and O–H groups in total. The van der Waals surface area contributed by atoms with Crippen LogP contribution in [0.15, 0.2) is 30.3 Å². The van der Waals surface area contributed by atoms with Crippen molar-refractivity contribution in [2.24, 2.45) is 0 Å². The van der Waals surface area contributed by atoms with E-state index in [4.69, 9.17) is 21.1 Å². The Kier molecular flexibility index (Phi) is 4.22. The number of anilines is 1. The van der Waals surface area contributed by atoms with Gasteiger partial charge < -0.3 is 14.8 Å². The first-order valence-corrected chi connectivity index (χ1v) is 7.15. The zero-order valence-corrected chi connectivity index (χ0v) is 12.6. The Bertz CT molecular complexity index is 704. The van der Waals surface area contributed by atoms with Crippen LogP contribution in [-0.4, -0.2) is 35.2 Å². The summed E-state index contributed by atoms with van der Waals surface area (Å²) in [4.78, 5) is 20.5. The number of halogens is 1. The number of pyridine rings is 2. The first-order valence-electron chi connectivity index (χ1n) is 6.77. The summed E-state index contributed by atoms with van der Waals surface area (Å²) in [5.41, 5.74) is 0.957. The standard InChI is InChI=1S/C15H14ClN3O3/c1-9-5-10(22-11-7-21-8-11)6-12(17-9)15(20)19-14-4-2-3-13(16)18-14/h2-6,11H,7-8H2,1H3,(H,18,19,20). The molecule has 2 aromatic rings. The molecule has 0 aliphatic carbocycles. The molecule has 2 aromatic heterocycles. The second kappa shape index (κ2) is 6.29. The molecular formula is C15H14ClN3O3. The SMILES string of the molecule is Cc1cc(OC2COC2)cc(C(=O)Nc2cccc(Cl)n2)n1. The van der Waals surface area contributed by atoms with E-state index in [9.17, 15) is 4.79 Å². The van der Waals surface area contributed by atoms with Gasteiger partial charge in [0.15, 0.2) is 0 Å². The third-order valence-corrected chi connectivity index (χ3v) is 3.24. The van der Waals surface area contributed by atoms with Gasteiger partial charge in [-0.1, -0.05) is 17.7 Å². The molecule has 1 aliphatic heterocycles. The van der Waals surface area contributed by atoms with E-state index >= 15 is 0 Å². The van der Waals surface area contributed by atoms with Crippen LogP contribution in [0.2, 0.25) is 5.15 Å². The van der Waals surface area contributed by atoms with E-state index in [-0.39, 0.29) is 17.7 Å². The quantitative estimate of drug-likeness (QED) is 0.876. The van der Waals surface area contributed by atoms with E-state index in [2.05, 4.69) is 15.3 Å². The van der Waals surface area contributed by atoms with Crippen LogP contribution in [0.3, 0.4) is 0 Å². The van der Waals surface area contributed by atoms with Gasteiger partial charge in [0.1, 0.15) is 28.5 Å². The number of ether oxygens (including phenoxy) is 2. The number of amides is 1. The maximum atomic E-state index is 12.3. The van der Waals surface area contributed by atoms with E-state index in [0.717, 1.165) is 0 Å². The first kappa shape index (κ1) is 14.7. The summed E-state index contributed by atoms with van der Waals surface area (Å²) in [5, 5.41) is 2.97. The van der Waals surface area contributed by atoms with Crippen molar-refractivity contribution in [3.63, 3.8) is 0 Å². The smallest absolute Gasteiger partial charge is 0.275 e. The summed E-state index contributed by atoms with van der Waals surface area (Å²) in [6.45, 7) is 2.93. The lowest BCUT2D eigenvalue weighted by Gasteiger charge is -2.26. The van der Waals surface area contributed by atoms with Crippen molar-refractivity contribution in [3.05, 3.63) is 46.9 Å². The molecule has 0 unspecified atom stereocenters. The van der Waals surface area contributed by atoms with Crippen molar-refractivity contribution in [1.29, 1.82) is 0 Å². The average molecular weight is 320 g/mol. The Balaban J connectivity index is 1.76. The maximum absolute atomic E-state index is 12.3. The summed E-state index contributed by atoms with van der Waals surface area (Å²) < 4.78 is 10.8. The van der Waals surface area contributed by atoms with Gasteiger partial charge in [-0.05, 0) is 19.1 Å². The Hall–Kier alpha value is -2.18. The van der Waals surface area contributed by atoms with Gasteiger partial charge in [0.2, 0.25) is 0 Å². The monoisotopic (exact) mass is 319 g/mol. The summed E-state index contributed by atoms with van der Waals surface area (Å²) in [6, 6.07) is 8.38. The number of nitrogens with zero attached hydrogens (tertiary/aromatic N) is 2. The predicted molar refractivity (Wildman–Crippen MR) is 81.4 cm³/mol. The summed E-state index contributed by atoms with van der Waals surface area (Å²) in [6.07, 6.45) is 0.0345. The predicted octanol–water partition coefficient (Wildman–Crippen LogP) is 2.47. The number of carbonyl (C=O) groups excluding carboxylic acids is 1. The van der Waals surface area contributed by atoms with Crippen LogP contribution in [0.25, 0.3) is 0 Å². The molecule has 6 nitrogen and oxygen atoms in total. The molecule has 0 radical (unpaired) electrons. The molecule has 22 heavy (non-hydrogen) atoms. The molecule has 0 aromatic carbocycles. The number of hydrogen-bond donors (Lipinski definition) is 1. The number of nitrogens with one attached hydrogen (secondary N) is 1. The summed E-state index contributed by atoms with van der Waals surface area (Å²) in [5.74, 6) is 0.605. The number of rotatable bonds is 4. The fourth-order valence-electron chi connectivity index (χ4n) is 1.95. The molecule has 0 spiro atoms. The second-order valence-electron chi connectivity index (χ2n) is 4.91. The van der Waals surface area contributed by atoms with Crippen molar-refractivity contribution in [1.82, 2.24) is 9.97 Å². The highest BCUT2D eigenvalue weighted by Gasteiger charge is 2.21. The Morgan fingerprint density at radius 2 is 2.18 bits per heavy atom. The normalized spacial score (nSPS) is 14.3. The van der Waals surface area contributed by atoms with E-state index in [1.807, 2.05) is 0 Å². The van der Waals surface area contributed by atoms with Crippen LogP contribution >= 0.6 is 11.6 Å². The Labute approximate surface area is 132 Å². The van der Waals surface area contributed by atoms with Crippen molar-refractivity contribution in [2.75, 3.05) is 18.5 Å². The second-order valence-corrected chi connectivity index (χ2v) is 5.29. The highest BCUT2D eigenvalue weighted by molar-refractivity contribution is 6.29. The van der Waals surface area contributed by atoms with Crippen LogP contribution in [0, 0.1) is 6.92 Å². The summed E-state index contributed by atoms with van der Waals surface area (Å²) >= 11 is 5.79. The minimum Gasteiger partial charge on any atom is -0.485 e. The van der Waals surface area contributed by atoms with Crippen LogP contribution in [0.4, 0.5) is 5.82 Å². The molecule has 7 heteroatoms. The lowest BCUT2D eigenvalue weighted by Crippen LogP contribution is -2.38. The van der Waals surface area contributed by atoms with Crippen LogP contribution in [-0.2, 0) is 4.74 Å². The van der Waals surface area contributed by atoms with Gasteiger partial charge in [-0.15, -0.1) is 0 Å². The molecular weight excluding hydrogens is 306 g/mol. The number of aromatic nitrogens is 2. The third kappa shape index (κ3) is 3.52. The molecule has 0 saturated carbocycles. The van der Waals surface area contributed by atoms with Gasteiger partial charge in [-0.3, -0.25) is 4.79 Å². The van der Waals surface area contributed by atoms with Gasteiger partial charge >= 0.3 is 0 Å². The van der Waals surface area contributed by atoms with Gasteiger partial charge in [-0.2, -0.15) is 0 Å². The Morgan fingerprint density at radius 3 is 2.86 bits per heavy atom. The largest absolute Gasteiger partial charge is 0.485 e. The first-order chi connectivity index (χ1) is 10.6. The lowest BCUT2D eigenvalue weighted by atomic mass is 10.2. The maximum Gasteiger partial charge on any atom is 0.275 e. The van der Waals surface area contributed by atoms with Crippen molar-refractivity contribution in [3.8, 4) is 5.75 Å². The highest BCUT2D eigenvalue weighted by atomic mass is 35.5. The molecule has 3 rings (SSSR count). The van der Waals surface area contributed by atoms with E-state index in [1.165, 1.54) is 0 Å². The van der Waals surface area contributed by atoms with Crippen molar-refractivity contribution >= 4 is 23.3 Å². The Morgan fingerprint density at radius 1 is 1.36 bits per heavy atom. The van der Waals surface area contributed by atoms with Crippen LogP contribution in [0.5, 0.6) is 5.75 Å². The van der Waals surface area contributed by atoms with Crippen LogP contribution < -0.4 is 10.1 Å². The topological polar surface area (TPSA) is 73.3 Å². The molecule has 1 amide bonds. The van der Waals surface area contributed by atoms with Gasteiger partial charge in [0, 0.05) is 17.8 Å². The van der Waals surface area contributed by atoms with E-state index in [1.54, 1.807) is 37.3 Å². The van der Waals surface area contributed by atoms with Crippen molar-refractivity contribution < 1.29 is 14.3 Å². The molecule has 114 valence electrons. The van der Waals surface area contributed by atoms with E-state index < -0.39 is 0 Å². The summed E-state index contributed by atoms with van der Waals surface area (Å²) in [7, 11) is 0. The van der Waals surface area contributed by atoms with Gasteiger partial charge in [-0.25, -0.2) is 9.97 Å². The fraction of sp³-hybridized carbons (Fsp3) is 0.267. The minimum atomic E-state index is -0.367. The van der Waals surface area contributed by atoms with Gasteiger partial charge in [0.25, 0.3) is 5.91 Å². The number of aryl methyl sites for hydroxylation is 1. The van der Waals surface area contributed by atoms with Crippen LogP contribution in [0.1, 0.15) is 16.2 Å². The molecule has 3 heterocycles. The average Bonchev–Trinajstić information content (AvgIpc) is 2.42. The third-order valence-electron chi connectivity index (χ3n) is 3.03. The molecule has 1 fully saturated rings. The lowest BCUT2D eigenvalue weighted by molar-refractivity contribution is -0.0797. The number of carbonyl (C=O) groups is 1.